The largest absolute Gasteiger partial charge is 0.466 e. The minimum Gasteiger partial charge on any atom is -0.466 e. The topological polar surface area (TPSA) is 46.5 Å². The van der Waals surface area contributed by atoms with E-state index in [1.807, 2.05) is 38.1 Å². The first-order chi connectivity index (χ1) is 10.1. The molecule has 1 aromatic carbocycles. The molecular formula is C17H20O3S. The summed E-state index contributed by atoms with van der Waals surface area (Å²) in [5, 5.41) is 9.44. The number of thiophene rings is 1. The molecule has 1 aromatic heterocycles. The average Bonchev–Trinajstić information content (AvgIpc) is 2.87. The maximum absolute atomic E-state index is 11.4. The first-order valence-electron chi connectivity index (χ1n) is 7.09. The third-order valence-electron chi connectivity index (χ3n) is 3.21. The molecule has 2 rings (SSSR count). The molecule has 0 amide bonds. The molecule has 21 heavy (non-hydrogen) atoms. The Morgan fingerprint density at radius 2 is 2.14 bits per heavy atom. The van der Waals surface area contributed by atoms with E-state index in [9.17, 15) is 9.90 Å². The Hall–Kier alpha value is -1.65. The van der Waals surface area contributed by atoms with Crippen LogP contribution in [0.3, 0.4) is 0 Å². The maximum Gasteiger partial charge on any atom is 0.306 e. The van der Waals surface area contributed by atoms with Gasteiger partial charge in [-0.2, -0.15) is 0 Å². The number of hydrogen-bond donors (Lipinski definition) is 1. The molecule has 0 saturated carbocycles. The van der Waals surface area contributed by atoms with Gasteiger partial charge in [0, 0.05) is 16.2 Å². The zero-order valence-corrected chi connectivity index (χ0v) is 13.2. The predicted molar refractivity (Wildman–Crippen MR) is 85.4 cm³/mol. The summed E-state index contributed by atoms with van der Waals surface area (Å²) >= 11 is 1.68. The van der Waals surface area contributed by atoms with Gasteiger partial charge in [0.05, 0.1) is 13.2 Å². The van der Waals surface area contributed by atoms with Crippen molar-refractivity contribution in [1.29, 1.82) is 0 Å². The maximum atomic E-state index is 11.4. The first kappa shape index (κ1) is 15.7. The number of ether oxygens (including phenoxy) is 1. The number of carbonyl (C=O) groups excluding carboxylic acids is 1. The van der Waals surface area contributed by atoms with Crippen molar-refractivity contribution in [1.82, 2.24) is 0 Å². The molecule has 0 bridgehead atoms. The molecule has 0 aliphatic heterocycles. The van der Waals surface area contributed by atoms with Crippen LogP contribution in [0.15, 0.2) is 30.3 Å². The number of aliphatic hydroxyl groups is 1. The van der Waals surface area contributed by atoms with Gasteiger partial charge < -0.3 is 9.84 Å². The van der Waals surface area contributed by atoms with Crippen LogP contribution in [0.1, 0.15) is 29.3 Å². The Labute approximate surface area is 129 Å². The molecule has 0 radical (unpaired) electrons. The smallest absolute Gasteiger partial charge is 0.306 e. The highest BCUT2D eigenvalue weighted by molar-refractivity contribution is 7.15. The van der Waals surface area contributed by atoms with Crippen molar-refractivity contribution >= 4 is 17.3 Å². The minimum absolute atomic E-state index is 0.0483. The van der Waals surface area contributed by atoms with Crippen molar-refractivity contribution in [2.24, 2.45) is 0 Å². The second-order valence-corrected chi connectivity index (χ2v) is 6.13. The van der Waals surface area contributed by atoms with Crippen LogP contribution in [0.25, 0.3) is 10.4 Å². The van der Waals surface area contributed by atoms with Crippen molar-refractivity contribution in [2.45, 2.75) is 33.3 Å². The molecule has 112 valence electrons. The highest BCUT2D eigenvalue weighted by Gasteiger charge is 2.10. The van der Waals surface area contributed by atoms with Crippen LogP contribution in [-0.4, -0.2) is 17.7 Å². The highest BCUT2D eigenvalue weighted by atomic mass is 32.1. The third kappa shape index (κ3) is 4.16. The minimum atomic E-state index is -0.161. The number of esters is 1. The van der Waals surface area contributed by atoms with Crippen molar-refractivity contribution in [3.63, 3.8) is 0 Å². The van der Waals surface area contributed by atoms with Crippen LogP contribution in [-0.2, 0) is 22.6 Å². The van der Waals surface area contributed by atoms with E-state index in [1.54, 1.807) is 11.3 Å². The molecule has 0 unspecified atom stereocenters. The molecule has 0 spiro atoms. The lowest BCUT2D eigenvalue weighted by Gasteiger charge is -2.06. The van der Waals surface area contributed by atoms with Crippen LogP contribution >= 0.6 is 11.3 Å². The van der Waals surface area contributed by atoms with Crippen LogP contribution in [0.4, 0.5) is 0 Å². The molecular weight excluding hydrogens is 284 g/mol. The standard InChI is InChI=1S/C17H20O3S/c1-3-20-16(19)8-7-13-5-4-6-14(10-13)17-15(11-18)9-12(2)21-17/h4-6,9-10,18H,3,7-8,11H2,1-2H3. The summed E-state index contributed by atoms with van der Waals surface area (Å²) in [6, 6.07) is 10.2. The summed E-state index contributed by atoms with van der Waals surface area (Å²) in [7, 11) is 0. The number of hydrogen-bond acceptors (Lipinski definition) is 4. The first-order valence-corrected chi connectivity index (χ1v) is 7.90. The molecule has 0 aliphatic rings. The molecule has 0 aliphatic carbocycles. The molecule has 0 saturated heterocycles. The Morgan fingerprint density at radius 3 is 2.86 bits per heavy atom. The fourth-order valence-electron chi connectivity index (χ4n) is 2.28. The lowest BCUT2D eigenvalue weighted by molar-refractivity contribution is -0.143. The van der Waals surface area contributed by atoms with Crippen LogP contribution in [0.5, 0.6) is 0 Å². The monoisotopic (exact) mass is 304 g/mol. The van der Waals surface area contributed by atoms with E-state index in [2.05, 4.69) is 6.07 Å². The fourth-order valence-corrected chi connectivity index (χ4v) is 3.30. The summed E-state index contributed by atoms with van der Waals surface area (Å²) in [6.45, 7) is 4.33. The molecule has 4 heteroatoms. The van der Waals surface area contributed by atoms with Crippen LogP contribution < -0.4 is 0 Å². The average molecular weight is 304 g/mol. The van der Waals surface area contributed by atoms with E-state index < -0.39 is 0 Å². The van der Waals surface area contributed by atoms with Crippen LogP contribution in [0.2, 0.25) is 0 Å². The normalized spacial score (nSPS) is 10.6. The zero-order valence-electron chi connectivity index (χ0n) is 12.4. The molecule has 0 atom stereocenters. The number of aryl methyl sites for hydroxylation is 2. The molecule has 2 aromatic rings. The van der Waals surface area contributed by atoms with E-state index in [4.69, 9.17) is 4.74 Å². The lowest BCUT2D eigenvalue weighted by Crippen LogP contribution is -2.05. The predicted octanol–water partition coefficient (Wildman–Crippen LogP) is 3.71. The van der Waals surface area contributed by atoms with Gasteiger partial charge in [-0.25, -0.2) is 0 Å². The third-order valence-corrected chi connectivity index (χ3v) is 4.36. The van der Waals surface area contributed by atoms with Gasteiger partial charge in [-0.1, -0.05) is 24.3 Å². The van der Waals surface area contributed by atoms with Gasteiger partial charge >= 0.3 is 5.97 Å². The summed E-state index contributed by atoms with van der Waals surface area (Å²) in [6.07, 6.45) is 1.07. The molecule has 3 nitrogen and oxygen atoms in total. The van der Waals surface area contributed by atoms with E-state index >= 15 is 0 Å². The van der Waals surface area contributed by atoms with E-state index in [-0.39, 0.29) is 12.6 Å². The quantitative estimate of drug-likeness (QED) is 0.828. The van der Waals surface area contributed by atoms with Crippen molar-refractivity contribution in [2.75, 3.05) is 6.61 Å². The Balaban J connectivity index is 2.15. The Morgan fingerprint density at radius 1 is 1.33 bits per heavy atom. The summed E-state index contributed by atoms with van der Waals surface area (Å²) in [5.41, 5.74) is 3.16. The Bertz CT molecular complexity index is 616. The van der Waals surface area contributed by atoms with Crippen LogP contribution in [0, 0.1) is 6.92 Å². The zero-order chi connectivity index (χ0) is 15.2. The summed E-state index contributed by atoms with van der Waals surface area (Å²) < 4.78 is 4.95. The van der Waals surface area contributed by atoms with Crippen molar-refractivity contribution < 1.29 is 14.6 Å². The van der Waals surface area contributed by atoms with E-state index in [0.29, 0.717) is 19.4 Å². The van der Waals surface area contributed by atoms with Gasteiger partial charge in [0.1, 0.15) is 0 Å². The van der Waals surface area contributed by atoms with Gasteiger partial charge in [-0.05, 0) is 43.0 Å². The van der Waals surface area contributed by atoms with E-state index in [0.717, 1.165) is 21.6 Å². The number of carbonyl (C=O) groups is 1. The molecule has 0 fully saturated rings. The Kier molecular flexibility index (Phi) is 5.53. The second-order valence-electron chi connectivity index (χ2n) is 4.87. The summed E-state index contributed by atoms with van der Waals surface area (Å²) in [5.74, 6) is -0.161. The number of benzene rings is 1. The number of rotatable bonds is 6. The van der Waals surface area contributed by atoms with Gasteiger partial charge in [0.15, 0.2) is 0 Å². The lowest BCUT2D eigenvalue weighted by atomic mass is 10.0. The van der Waals surface area contributed by atoms with Gasteiger partial charge in [0.2, 0.25) is 0 Å². The number of aliphatic hydroxyl groups excluding tert-OH is 1. The van der Waals surface area contributed by atoms with Gasteiger partial charge in [-0.15, -0.1) is 11.3 Å². The summed E-state index contributed by atoms with van der Waals surface area (Å²) in [4.78, 5) is 13.7. The SMILES string of the molecule is CCOC(=O)CCc1cccc(-c2sc(C)cc2CO)c1. The van der Waals surface area contributed by atoms with Gasteiger partial charge in [-0.3, -0.25) is 4.79 Å². The highest BCUT2D eigenvalue weighted by Crippen LogP contribution is 2.33. The molecule has 1 N–H and O–H groups in total. The van der Waals surface area contributed by atoms with Crippen molar-refractivity contribution in [3.05, 3.63) is 46.3 Å². The van der Waals surface area contributed by atoms with E-state index in [1.165, 1.54) is 4.88 Å². The second kappa shape index (κ2) is 7.38. The fraction of sp³-hybridized carbons (Fsp3) is 0.353. The van der Waals surface area contributed by atoms with Gasteiger partial charge in [0.25, 0.3) is 0 Å². The van der Waals surface area contributed by atoms with Crippen molar-refractivity contribution in [3.8, 4) is 10.4 Å². The molecule has 1 heterocycles.